The Morgan fingerprint density at radius 1 is 1.17 bits per heavy atom. The fourth-order valence-electron chi connectivity index (χ4n) is 12.1. The smallest absolute Gasteiger partial charge is 0.334 e. The average molecular weight is 757 g/mol. The third kappa shape index (κ3) is 6.31. The molecular formula is C40H60N4O6S2. The normalized spacial score (nSPS) is 44.5. The number of allylic oxidation sites excluding steroid dienone is 1. The van der Waals surface area contributed by atoms with Crippen LogP contribution in [0.1, 0.15) is 97.8 Å². The number of fused-ring (bicyclic) bond motifs is 8. The van der Waals surface area contributed by atoms with Gasteiger partial charge in [-0.3, -0.25) is 9.59 Å². The molecule has 0 aromatic rings. The lowest BCUT2D eigenvalue weighted by Gasteiger charge is -2.58. The maximum absolute atomic E-state index is 14.6. The summed E-state index contributed by atoms with van der Waals surface area (Å²) in [6.45, 7) is 8.21. The van der Waals surface area contributed by atoms with Crippen molar-refractivity contribution in [1.82, 2.24) is 15.5 Å². The molecule has 288 valence electrons. The second kappa shape index (κ2) is 14.5. The number of amides is 1. The van der Waals surface area contributed by atoms with Gasteiger partial charge in [0.1, 0.15) is 17.3 Å². The number of nitrogens with one attached hydrogen (secondary N) is 2. The van der Waals surface area contributed by atoms with Gasteiger partial charge in [-0.1, -0.05) is 52.2 Å². The van der Waals surface area contributed by atoms with Gasteiger partial charge in [-0.15, -0.1) is 0 Å². The number of carbonyl (C=O) groups is 3. The zero-order valence-corrected chi connectivity index (χ0v) is 33.2. The maximum atomic E-state index is 14.6. The predicted octanol–water partition coefficient (Wildman–Crippen LogP) is 5.12. The maximum Gasteiger partial charge on any atom is 0.334 e. The number of nitrogens with two attached hydrogens (primary N) is 1. The van der Waals surface area contributed by atoms with E-state index in [1.165, 1.54) is 18.4 Å². The van der Waals surface area contributed by atoms with Crippen molar-refractivity contribution >= 4 is 39.4 Å². The lowest BCUT2D eigenvalue weighted by atomic mass is 9.56. The van der Waals surface area contributed by atoms with Gasteiger partial charge in [0.15, 0.2) is 0 Å². The van der Waals surface area contributed by atoms with E-state index in [2.05, 4.69) is 28.5 Å². The van der Waals surface area contributed by atoms with E-state index in [0.29, 0.717) is 56.1 Å². The zero-order chi connectivity index (χ0) is 36.4. The number of carbonyl (C=O) groups excluding carboxylic acids is 3. The van der Waals surface area contributed by atoms with E-state index in [4.69, 9.17) is 19.9 Å². The molecule has 0 aromatic heterocycles. The molecule has 8 aliphatic rings. The van der Waals surface area contributed by atoms with E-state index in [1.54, 1.807) is 0 Å². The number of esters is 2. The van der Waals surface area contributed by atoms with Crippen LogP contribution in [0.3, 0.4) is 0 Å². The van der Waals surface area contributed by atoms with E-state index in [0.717, 1.165) is 50.9 Å². The molecule has 3 aliphatic carbocycles. The summed E-state index contributed by atoms with van der Waals surface area (Å²) in [5.74, 6) is 1.82. The van der Waals surface area contributed by atoms with Crippen LogP contribution in [-0.2, 0) is 28.6 Å². The zero-order valence-electron chi connectivity index (χ0n) is 31.5. The van der Waals surface area contributed by atoms with Crippen molar-refractivity contribution in [3.8, 4) is 0 Å². The monoisotopic (exact) mass is 756 g/mol. The summed E-state index contributed by atoms with van der Waals surface area (Å²) in [7, 11) is 6.04. The van der Waals surface area contributed by atoms with Gasteiger partial charge < -0.3 is 35.5 Å². The minimum Gasteiger partial charge on any atom is -0.462 e. The van der Waals surface area contributed by atoms with Gasteiger partial charge in [-0.2, -0.15) is 0 Å². The highest BCUT2D eigenvalue weighted by Crippen LogP contribution is 2.63. The Morgan fingerprint density at radius 2 is 1.98 bits per heavy atom. The molecule has 4 N–H and O–H groups in total. The van der Waals surface area contributed by atoms with Crippen LogP contribution >= 0.6 is 21.6 Å². The van der Waals surface area contributed by atoms with E-state index >= 15 is 0 Å². The molecule has 0 radical (unpaired) electrons. The van der Waals surface area contributed by atoms with Gasteiger partial charge >= 0.3 is 11.9 Å². The molecule has 12 unspecified atom stereocenters. The number of hydrogen-bond donors (Lipinski definition) is 3. The SMILES string of the molecule is CC=C(C)C(=O)OC1(C)CC=C2CSSC3(CCCC3)C3C(CNC)CN3C(=O)CC3CNC(N)CC3C2C12CC1CC3CCC(=O)OC3CC1O2. The largest absolute Gasteiger partial charge is 0.462 e. The van der Waals surface area contributed by atoms with Crippen LogP contribution in [0.5, 0.6) is 0 Å². The Bertz CT molecular complexity index is 1490. The molecule has 7 fully saturated rings. The summed E-state index contributed by atoms with van der Waals surface area (Å²) in [6.07, 6.45) is 14.0. The second-order valence-corrected chi connectivity index (χ2v) is 20.4. The van der Waals surface area contributed by atoms with Crippen molar-refractivity contribution in [3.05, 3.63) is 23.3 Å². The number of piperidine rings is 1. The second-order valence-electron chi connectivity index (χ2n) is 17.7. The quantitative estimate of drug-likeness (QED) is 0.153. The Labute approximate surface area is 317 Å². The molecule has 5 saturated heterocycles. The van der Waals surface area contributed by atoms with Crippen LogP contribution < -0.4 is 16.4 Å². The van der Waals surface area contributed by atoms with Crippen molar-refractivity contribution in [2.75, 3.05) is 32.4 Å². The van der Waals surface area contributed by atoms with Gasteiger partial charge in [0.25, 0.3) is 0 Å². The van der Waals surface area contributed by atoms with Crippen LogP contribution in [0.4, 0.5) is 0 Å². The molecule has 5 aliphatic heterocycles. The van der Waals surface area contributed by atoms with Gasteiger partial charge in [0.05, 0.1) is 18.3 Å². The highest BCUT2D eigenvalue weighted by molar-refractivity contribution is 8.77. The van der Waals surface area contributed by atoms with Gasteiger partial charge in [0, 0.05) is 73.2 Å². The lowest BCUT2D eigenvalue weighted by molar-refractivity contribution is -0.229. The van der Waals surface area contributed by atoms with Crippen molar-refractivity contribution < 1.29 is 28.6 Å². The molecule has 0 aromatic carbocycles. The minimum atomic E-state index is -0.935. The average Bonchev–Trinajstić information content (AvgIpc) is 3.72. The molecule has 0 bridgehead atoms. The first-order valence-corrected chi connectivity index (χ1v) is 22.5. The fourth-order valence-corrected chi connectivity index (χ4v) is 15.7. The number of ether oxygens (including phenoxy) is 3. The number of rotatable bonds is 4. The molecule has 2 saturated carbocycles. The molecular weight excluding hydrogens is 697 g/mol. The summed E-state index contributed by atoms with van der Waals surface area (Å²) < 4.78 is 20.3. The first kappa shape index (κ1) is 37.4. The third-order valence-electron chi connectivity index (χ3n) is 14.8. The van der Waals surface area contributed by atoms with Crippen LogP contribution in [0, 0.1) is 35.5 Å². The van der Waals surface area contributed by atoms with Crippen LogP contribution in [0.25, 0.3) is 0 Å². The Balaban J connectivity index is 1.21. The molecule has 10 nitrogen and oxygen atoms in total. The molecule has 12 atom stereocenters. The van der Waals surface area contributed by atoms with Crippen molar-refractivity contribution in [3.63, 3.8) is 0 Å². The van der Waals surface area contributed by atoms with E-state index in [9.17, 15) is 14.4 Å². The van der Waals surface area contributed by atoms with E-state index in [-0.39, 0.29) is 70.7 Å². The summed E-state index contributed by atoms with van der Waals surface area (Å²) in [4.78, 5) is 43.0. The van der Waals surface area contributed by atoms with Gasteiger partial charge in [0.2, 0.25) is 5.91 Å². The Morgan fingerprint density at radius 3 is 2.75 bits per heavy atom. The Kier molecular flexibility index (Phi) is 10.4. The summed E-state index contributed by atoms with van der Waals surface area (Å²) in [5.41, 5.74) is 6.98. The summed E-state index contributed by atoms with van der Waals surface area (Å²) in [6, 6.07) is 0.253. The third-order valence-corrected chi connectivity index (χ3v) is 18.0. The van der Waals surface area contributed by atoms with Crippen LogP contribution in [0.2, 0.25) is 0 Å². The van der Waals surface area contributed by atoms with Gasteiger partial charge in [-0.05, 0) is 90.0 Å². The molecule has 1 amide bonds. The number of hydrogen-bond acceptors (Lipinski definition) is 11. The van der Waals surface area contributed by atoms with E-state index in [1.807, 2.05) is 48.6 Å². The Hall–Kier alpha value is -1.57. The highest BCUT2D eigenvalue weighted by Gasteiger charge is 2.68. The van der Waals surface area contributed by atoms with Crippen LogP contribution in [-0.4, -0.2) is 95.5 Å². The summed E-state index contributed by atoms with van der Waals surface area (Å²) >= 11 is 0. The molecule has 5 heterocycles. The summed E-state index contributed by atoms with van der Waals surface area (Å²) in [5, 5.41) is 6.99. The molecule has 8 rings (SSSR count). The minimum absolute atomic E-state index is 0.0505. The number of nitrogens with zero attached hydrogens (tertiary/aromatic N) is 1. The fraction of sp³-hybridized carbons (Fsp3) is 0.825. The topological polar surface area (TPSA) is 132 Å². The molecule has 12 heteroatoms. The van der Waals surface area contributed by atoms with E-state index < -0.39 is 11.2 Å². The molecule has 52 heavy (non-hydrogen) atoms. The van der Waals surface area contributed by atoms with Crippen molar-refractivity contribution in [2.24, 2.45) is 41.2 Å². The van der Waals surface area contributed by atoms with Crippen molar-refractivity contribution in [2.45, 2.75) is 138 Å². The first-order chi connectivity index (χ1) is 25.0. The van der Waals surface area contributed by atoms with Crippen LogP contribution in [0.15, 0.2) is 23.3 Å². The molecule has 2 spiro atoms. The van der Waals surface area contributed by atoms with Crippen molar-refractivity contribution in [1.29, 1.82) is 0 Å². The highest BCUT2D eigenvalue weighted by atomic mass is 33.1. The first-order valence-electron chi connectivity index (χ1n) is 20.2. The standard InChI is InChI=1S/C40H60N4O6S2/c1-5-23(2)37(47)50-38(3)13-10-25-22-51-52-39(11-6-7-12-39)36-28(19-42-4)21-44(36)33(45)15-27-20-43-32(41)16-29(27)35(25)40(38)18-26-14-24-8-9-34(46)48-30(24)17-31(26)49-40/h5,10,24,26-32,35-36,42-43H,6-9,11-22,41H2,1-4H3. The lowest BCUT2D eigenvalue weighted by Crippen LogP contribution is -2.69. The predicted molar refractivity (Wildman–Crippen MR) is 204 cm³/mol. The van der Waals surface area contributed by atoms with Gasteiger partial charge in [-0.25, -0.2) is 4.79 Å².